The molecule has 0 fully saturated rings. The van der Waals surface area contributed by atoms with Crippen LogP contribution in [0.5, 0.6) is 0 Å². The molecule has 1 aromatic heterocycles. The van der Waals surface area contributed by atoms with E-state index >= 15 is 0 Å². The van der Waals surface area contributed by atoms with Gasteiger partial charge in [-0.3, -0.25) is 9.48 Å². The van der Waals surface area contributed by atoms with Gasteiger partial charge in [0.15, 0.2) is 0 Å². The van der Waals surface area contributed by atoms with Crippen molar-refractivity contribution < 1.29 is 4.79 Å². The molecule has 1 heterocycles. The predicted octanol–water partition coefficient (Wildman–Crippen LogP) is 2.11. The lowest BCUT2D eigenvalue weighted by Gasteiger charge is -2.17. The van der Waals surface area contributed by atoms with Gasteiger partial charge in [0.2, 0.25) is 5.91 Å². The average Bonchev–Trinajstić information content (AvgIpc) is 2.68. The van der Waals surface area contributed by atoms with Gasteiger partial charge >= 0.3 is 0 Å². The molecule has 5 nitrogen and oxygen atoms in total. The molecule has 1 aromatic rings. The van der Waals surface area contributed by atoms with E-state index in [2.05, 4.69) is 45.1 Å². The van der Waals surface area contributed by atoms with Crippen molar-refractivity contribution in [3.63, 3.8) is 0 Å². The van der Waals surface area contributed by atoms with Crippen LogP contribution in [-0.2, 0) is 11.3 Å². The van der Waals surface area contributed by atoms with E-state index in [1.807, 2.05) is 18.5 Å². The predicted molar refractivity (Wildman–Crippen MR) is 84.8 cm³/mol. The van der Waals surface area contributed by atoms with Gasteiger partial charge in [0.05, 0.1) is 16.7 Å². The van der Waals surface area contributed by atoms with Crippen molar-refractivity contribution in [1.82, 2.24) is 20.0 Å². The number of carbonyl (C=O) groups is 1. The second kappa shape index (κ2) is 8.42. The summed E-state index contributed by atoms with van der Waals surface area (Å²) >= 11 is 3.49. The van der Waals surface area contributed by atoms with Crippen molar-refractivity contribution in [3.8, 4) is 0 Å². The largest absolute Gasteiger partial charge is 0.355 e. The Kier molecular flexibility index (Phi) is 7.23. The van der Waals surface area contributed by atoms with Gasteiger partial charge in [-0.2, -0.15) is 5.10 Å². The molecule has 0 spiro atoms. The third kappa shape index (κ3) is 4.90. The fourth-order valence-electron chi connectivity index (χ4n) is 2.08. The maximum absolute atomic E-state index is 11.8. The minimum Gasteiger partial charge on any atom is -0.355 e. The molecule has 1 amide bonds. The molecule has 0 unspecified atom stereocenters. The van der Waals surface area contributed by atoms with Crippen LogP contribution in [0, 0.1) is 13.8 Å². The summed E-state index contributed by atoms with van der Waals surface area (Å²) in [6, 6.07) is 0. The van der Waals surface area contributed by atoms with Crippen molar-refractivity contribution in [2.75, 3.05) is 26.2 Å². The molecular formula is C14H25BrN4O. The first-order chi connectivity index (χ1) is 9.49. The van der Waals surface area contributed by atoms with E-state index in [4.69, 9.17) is 0 Å². The molecule has 0 saturated heterocycles. The van der Waals surface area contributed by atoms with Crippen LogP contribution in [0.25, 0.3) is 0 Å². The summed E-state index contributed by atoms with van der Waals surface area (Å²) in [7, 11) is 0. The first-order valence-electron chi connectivity index (χ1n) is 7.18. The first-order valence-corrected chi connectivity index (χ1v) is 7.97. The fourth-order valence-corrected chi connectivity index (χ4v) is 2.37. The van der Waals surface area contributed by atoms with Crippen LogP contribution in [-0.4, -0.2) is 46.8 Å². The van der Waals surface area contributed by atoms with Gasteiger partial charge in [-0.25, -0.2) is 0 Å². The maximum atomic E-state index is 11.8. The number of hydrogen-bond acceptors (Lipinski definition) is 3. The Hall–Kier alpha value is -0.880. The summed E-state index contributed by atoms with van der Waals surface area (Å²) in [4.78, 5) is 14.1. The Balaban J connectivity index is 2.31. The van der Waals surface area contributed by atoms with Gasteiger partial charge in [-0.05, 0) is 42.9 Å². The number of nitrogens with one attached hydrogen (secondary N) is 1. The van der Waals surface area contributed by atoms with Gasteiger partial charge in [-0.1, -0.05) is 13.8 Å². The molecule has 0 saturated carbocycles. The lowest BCUT2D eigenvalue weighted by molar-refractivity contribution is -0.121. The summed E-state index contributed by atoms with van der Waals surface area (Å²) in [6.07, 6.45) is 0.465. The van der Waals surface area contributed by atoms with Crippen molar-refractivity contribution in [1.29, 1.82) is 0 Å². The van der Waals surface area contributed by atoms with Gasteiger partial charge in [0.1, 0.15) is 0 Å². The molecule has 6 heteroatoms. The third-order valence-corrected chi connectivity index (χ3v) is 4.64. The number of aryl methyl sites for hydroxylation is 2. The van der Waals surface area contributed by atoms with Crippen LogP contribution in [0.3, 0.4) is 0 Å². The summed E-state index contributed by atoms with van der Waals surface area (Å²) in [5.41, 5.74) is 2.03. The summed E-state index contributed by atoms with van der Waals surface area (Å²) in [6.45, 7) is 12.5. The summed E-state index contributed by atoms with van der Waals surface area (Å²) in [5, 5.41) is 7.36. The van der Waals surface area contributed by atoms with E-state index in [0.717, 1.165) is 35.5 Å². The maximum Gasteiger partial charge on any atom is 0.221 e. The molecule has 114 valence electrons. The SMILES string of the molecule is CCN(CC)CCNC(=O)CCn1nc(C)c(Br)c1C. The van der Waals surface area contributed by atoms with E-state index in [1.165, 1.54) is 0 Å². The van der Waals surface area contributed by atoms with Crippen LogP contribution in [0.4, 0.5) is 0 Å². The zero-order valence-corrected chi connectivity index (χ0v) is 14.5. The highest BCUT2D eigenvalue weighted by Gasteiger charge is 2.10. The van der Waals surface area contributed by atoms with Crippen LogP contribution in [0.15, 0.2) is 4.47 Å². The molecule has 0 aliphatic rings. The molecular weight excluding hydrogens is 320 g/mol. The Labute approximate surface area is 129 Å². The molecule has 1 rings (SSSR count). The molecule has 0 aliphatic carbocycles. The number of carbonyl (C=O) groups excluding carboxylic acids is 1. The lowest BCUT2D eigenvalue weighted by Crippen LogP contribution is -2.35. The Morgan fingerprint density at radius 3 is 2.50 bits per heavy atom. The summed E-state index contributed by atoms with van der Waals surface area (Å²) < 4.78 is 2.91. The quantitative estimate of drug-likeness (QED) is 0.785. The van der Waals surface area contributed by atoms with E-state index < -0.39 is 0 Å². The number of halogens is 1. The molecule has 20 heavy (non-hydrogen) atoms. The summed E-state index contributed by atoms with van der Waals surface area (Å²) in [5.74, 6) is 0.0841. The van der Waals surface area contributed by atoms with Crippen molar-refractivity contribution >= 4 is 21.8 Å². The second-order valence-electron chi connectivity index (χ2n) is 4.83. The van der Waals surface area contributed by atoms with E-state index in [0.29, 0.717) is 19.5 Å². The monoisotopic (exact) mass is 344 g/mol. The highest BCUT2D eigenvalue weighted by Crippen LogP contribution is 2.19. The Morgan fingerprint density at radius 1 is 1.35 bits per heavy atom. The van der Waals surface area contributed by atoms with Crippen LogP contribution < -0.4 is 5.32 Å². The van der Waals surface area contributed by atoms with Crippen LogP contribution >= 0.6 is 15.9 Å². The van der Waals surface area contributed by atoms with Gasteiger partial charge in [0.25, 0.3) is 0 Å². The van der Waals surface area contributed by atoms with Gasteiger partial charge in [0, 0.05) is 25.2 Å². The molecule has 0 aliphatic heterocycles. The van der Waals surface area contributed by atoms with Crippen LogP contribution in [0.1, 0.15) is 31.7 Å². The number of aromatic nitrogens is 2. The van der Waals surface area contributed by atoms with Crippen molar-refractivity contribution in [2.24, 2.45) is 0 Å². The highest BCUT2D eigenvalue weighted by molar-refractivity contribution is 9.10. The number of amides is 1. The van der Waals surface area contributed by atoms with Crippen molar-refractivity contribution in [2.45, 2.75) is 40.7 Å². The zero-order chi connectivity index (χ0) is 15.1. The standard InChI is InChI=1S/C14H25BrN4O/c1-5-18(6-2)10-8-16-13(20)7-9-19-12(4)14(15)11(3)17-19/h5-10H2,1-4H3,(H,16,20). The Bertz CT molecular complexity index is 441. The van der Waals surface area contributed by atoms with Crippen LogP contribution in [0.2, 0.25) is 0 Å². The van der Waals surface area contributed by atoms with Crippen molar-refractivity contribution in [3.05, 3.63) is 15.9 Å². The topological polar surface area (TPSA) is 50.2 Å². The van der Waals surface area contributed by atoms with Gasteiger partial charge < -0.3 is 10.2 Å². The number of nitrogens with zero attached hydrogens (tertiary/aromatic N) is 3. The van der Waals surface area contributed by atoms with E-state index in [-0.39, 0.29) is 5.91 Å². The molecule has 0 bridgehead atoms. The Morgan fingerprint density at radius 2 is 2.00 bits per heavy atom. The molecule has 0 aromatic carbocycles. The van der Waals surface area contributed by atoms with E-state index in [9.17, 15) is 4.79 Å². The smallest absolute Gasteiger partial charge is 0.221 e. The van der Waals surface area contributed by atoms with E-state index in [1.54, 1.807) is 0 Å². The minimum atomic E-state index is 0.0841. The number of hydrogen-bond donors (Lipinski definition) is 1. The normalized spacial score (nSPS) is 11.1. The fraction of sp³-hybridized carbons (Fsp3) is 0.714. The lowest BCUT2D eigenvalue weighted by atomic mass is 10.3. The number of rotatable bonds is 8. The minimum absolute atomic E-state index is 0.0841. The highest BCUT2D eigenvalue weighted by atomic mass is 79.9. The average molecular weight is 345 g/mol. The first kappa shape index (κ1) is 17.2. The second-order valence-corrected chi connectivity index (χ2v) is 5.63. The third-order valence-electron chi connectivity index (χ3n) is 3.49. The van der Waals surface area contributed by atoms with Gasteiger partial charge in [-0.15, -0.1) is 0 Å². The zero-order valence-electron chi connectivity index (χ0n) is 12.9. The molecule has 0 radical (unpaired) electrons. The molecule has 0 atom stereocenters. The number of likely N-dealkylation sites (N-methyl/N-ethyl adjacent to an activating group) is 1. The molecule has 1 N–H and O–H groups in total.